The number of hydrogen-bond acceptors (Lipinski definition) is 3. The van der Waals surface area contributed by atoms with E-state index in [1.165, 1.54) is 21.6 Å². The van der Waals surface area contributed by atoms with E-state index in [0.717, 1.165) is 18.8 Å². The molecule has 0 fully saturated rings. The molecule has 2 nitrogen and oxygen atoms in total. The van der Waals surface area contributed by atoms with Crippen molar-refractivity contribution in [3.63, 3.8) is 0 Å². The minimum Gasteiger partial charge on any atom is -0.308 e. The molecule has 1 heterocycles. The van der Waals surface area contributed by atoms with E-state index in [1.807, 2.05) is 11.8 Å². The molecule has 0 saturated carbocycles. The minimum atomic E-state index is 0. The van der Waals surface area contributed by atoms with Crippen LogP contribution in [0.3, 0.4) is 0 Å². The second-order valence-corrected chi connectivity index (χ2v) is 6.73. The van der Waals surface area contributed by atoms with Gasteiger partial charge in [-0.15, -0.1) is 36.6 Å². The van der Waals surface area contributed by atoms with Gasteiger partial charge in [0.05, 0.1) is 6.04 Å². The first-order valence-corrected chi connectivity index (χ1v) is 8.42. The molecule has 5 heteroatoms. The fourth-order valence-electron chi connectivity index (χ4n) is 2.77. The lowest BCUT2D eigenvalue weighted by Crippen LogP contribution is -2.30. The van der Waals surface area contributed by atoms with Crippen molar-refractivity contribution in [2.24, 2.45) is 0 Å². The zero-order valence-corrected chi connectivity index (χ0v) is 15.9. The van der Waals surface area contributed by atoms with Crippen molar-refractivity contribution < 1.29 is 0 Å². The van der Waals surface area contributed by atoms with E-state index in [9.17, 15) is 0 Å². The van der Waals surface area contributed by atoms with Crippen LogP contribution in [0, 0.1) is 0 Å². The van der Waals surface area contributed by atoms with E-state index in [4.69, 9.17) is 0 Å². The number of likely N-dealkylation sites (N-methyl/N-ethyl adjacent to an activating group) is 1. The van der Waals surface area contributed by atoms with Gasteiger partial charge in [-0.2, -0.15) is 0 Å². The van der Waals surface area contributed by atoms with E-state index in [1.54, 1.807) is 0 Å². The fraction of sp³-hybridized carbons (Fsp3) is 0.333. The normalized spacial score (nSPS) is 15.7. The maximum atomic E-state index is 3.75. The lowest BCUT2D eigenvalue weighted by atomic mass is 9.95. The molecule has 23 heavy (non-hydrogen) atoms. The average Bonchev–Trinajstić information content (AvgIpc) is 2.65. The molecule has 0 aliphatic carbocycles. The van der Waals surface area contributed by atoms with Crippen LogP contribution in [0.4, 0.5) is 0 Å². The van der Waals surface area contributed by atoms with Gasteiger partial charge in [0.15, 0.2) is 0 Å². The van der Waals surface area contributed by atoms with E-state index in [0.29, 0.717) is 6.04 Å². The number of fused-ring (bicyclic) bond motifs is 2. The topological polar surface area (TPSA) is 15.3 Å². The van der Waals surface area contributed by atoms with Crippen LogP contribution in [0.2, 0.25) is 0 Å². The van der Waals surface area contributed by atoms with Gasteiger partial charge in [0.1, 0.15) is 0 Å². The van der Waals surface area contributed by atoms with Crippen LogP contribution in [0.25, 0.3) is 0 Å². The first kappa shape index (κ1) is 20.3. The molecule has 1 atom stereocenters. The van der Waals surface area contributed by atoms with E-state index in [-0.39, 0.29) is 24.8 Å². The predicted molar refractivity (Wildman–Crippen MR) is 105 cm³/mol. The van der Waals surface area contributed by atoms with E-state index in [2.05, 4.69) is 72.8 Å². The van der Waals surface area contributed by atoms with E-state index < -0.39 is 0 Å². The molecule has 0 aromatic heterocycles. The molecule has 0 spiro atoms. The van der Waals surface area contributed by atoms with Crippen molar-refractivity contribution in [2.45, 2.75) is 16.7 Å². The Balaban J connectivity index is 0.00000132. The fourth-order valence-corrected chi connectivity index (χ4v) is 3.87. The molecular weight excluding hydrogens is 347 g/mol. The standard InChI is InChI=1S/C18H22N2S.2ClH/c1-20(2)12-11-19-18-15-8-4-3-7-14(15)13-21-17-10-6-5-9-16(17)18;;/h3-10,18-19H,11-13H2,1-2H3;2*1H. The van der Waals surface area contributed by atoms with Gasteiger partial charge in [-0.25, -0.2) is 0 Å². The summed E-state index contributed by atoms with van der Waals surface area (Å²) in [5.41, 5.74) is 4.28. The third kappa shape index (κ3) is 4.88. The van der Waals surface area contributed by atoms with Crippen molar-refractivity contribution in [3.05, 3.63) is 65.2 Å². The van der Waals surface area contributed by atoms with Crippen molar-refractivity contribution in [2.75, 3.05) is 27.2 Å². The Morgan fingerprint density at radius 2 is 1.65 bits per heavy atom. The van der Waals surface area contributed by atoms with Crippen LogP contribution in [0.5, 0.6) is 0 Å². The number of benzene rings is 2. The summed E-state index contributed by atoms with van der Waals surface area (Å²) >= 11 is 1.95. The number of halogens is 2. The summed E-state index contributed by atoms with van der Waals surface area (Å²) in [4.78, 5) is 3.62. The van der Waals surface area contributed by atoms with Crippen LogP contribution in [-0.2, 0) is 5.75 Å². The second-order valence-electron chi connectivity index (χ2n) is 5.72. The highest BCUT2D eigenvalue weighted by atomic mass is 35.5. The van der Waals surface area contributed by atoms with Crippen molar-refractivity contribution >= 4 is 36.6 Å². The molecule has 1 aliphatic heterocycles. The molecule has 2 aromatic carbocycles. The van der Waals surface area contributed by atoms with Crippen molar-refractivity contribution in [1.29, 1.82) is 0 Å². The second kappa shape index (κ2) is 9.55. The first-order chi connectivity index (χ1) is 10.3. The lowest BCUT2D eigenvalue weighted by molar-refractivity contribution is 0.392. The minimum absolute atomic E-state index is 0. The van der Waals surface area contributed by atoms with Crippen molar-refractivity contribution in [1.82, 2.24) is 10.2 Å². The Morgan fingerprint density at radius 3 is 2.39 bits per heavy atom. The summed E-state index contributed by atoms with van der Waals surface area (Å²) in [6.07, 6.45) is 0. The molecule has 2 aromatic rings. The smallest absolute Gasteiger partial charge is 0.0591 e. The highest BCUT2D eigenvalue weighted by molar-refractivity contribution is 7.98. The number of hydrogen-bond donors (Lipinski definition) is 1. The number of nitrogens with zero attached hydrogens (tertiary/aromatic N) is 1. The van der Waals surface area contributed by atoms with E-state index >= 15 is 0 Å². The molecule has 126 valence electrons. The Morgan fingerprint density at radius 1 is 1.00 bits per heavy atom. The zero-order chi connectivity index (χ0) is 14.7. The highest BCUT2D eigenvalue weighted by Gasteiger charge is 2.22. The van der Waals surface area contributed by atoms with Crippen LogP contribution < -0.4 is 5.32 Å². The molecule has 0 radical (unpaired) electrons. The van der Waals surface area contributed by atoms with Gasteiger partial charge in [-0.3, -0.25) is 0 Å². The Kier molecular flexibility index (Phi) is 8.45. The first-order valence-electron chi connectivity index (χ1n) is 7.43. The number of thioether (sulfide) groups is 1. The number of rotatable bonds is 4. The van der Waals surface area contributed by atoms with Crippen molar-refractivity contribution in [3.8, 4) is 0 Å². The summed E-state index contributed by atoms with van der Waals surface area (Å²) in [5.74, 6) is 1.05. The zero-order valence-electron chi connectivity index (χ0n) is 13.5. The molecule has 1 unspecified atom stereocenters. The van der Waals surface area contributed by atoms with Gasteiger partial charge >= 0.3 is 0 Å². The molecule has 0 amide bonds. The van der Waals surface area contributed by atoms with Crippen LogP contribution in [-0.4, -0.2) is 32.1 Å². The lowest BCUT2D eigenvalue weighted by Gasteiger charge is -2.22. The van der Waals surface area contributed by atoms with Crippen LogP contribution >= 0.6 is 36.6 Å². The highest BCUT2D eigenvalue weighted by Crippen LogP contribution is 2.38. The quantitative estimate of drug-likeness (QED) is 0.859. The third-order valence-corrected chi connectivity index (χ3v) is 5.02. The van der Waals surface area contributed by atoms with Gasteiger partial charge in [-0.05, 0) is 36.9 Å². The summed E-state index contributed by atoms with van der Waals surface area (Å²) < 4.78 is 0. The maximum Gasteiger partial charge on any atom is 0.0591 e. The van der Waals surface area contributed by atoms with Gasteiger partial charge in [-0.1, -0.05) is 42.5 Å². The molecule has 1 N–H and O–H groups in total. The maximum absolute atomic E-state index is 3.75. The Bertz CT molecular complexity index is 572. The van der Waals surface area contributed by atoms with Gasteiger partial charge in [0.2, 0.25) is 0 Å². The molecule has 3 rings (SSSR count). The molecule has 0 saturated heterocycles. The van der Waals surface area contributed by atoms with Gasteiger partial charge < -0.3 is 10.2 Å². The number of nitrogens with one attached hydrogen (secondary N) is 1. The summed E-state index contributed by atoms with van der Waals surface area (Å²) in [6.45, 7) is 2.04. The Labute approximate surface area is 155 Å². The van der Waals surface area contributed by atoms with Gasteiger partial charge in [0.25, 0.3) is 0 Å². The summed E-state index contributed by atoms with van der Waals surface area (Å²) in [6, 6.07) is 17.9. The molecular formula is C18H24Cl2N2S. The monoisotopic (exact) mass is 370 g/mol. The largest absolute Gasteiger partial charge is 0.308 e. The van der Waals surface area contributed by atoms with Crippen LogP contribution in [0.1, 0.15) is 22.7 Å². The summed E-state index contributed by atoms with van der Waals surface area (Å²) in [7, 11) is 4.24. The molecule has 0 bridgehead atoms. The average molecular weight is 371 g/mol. The third-order valence-electron chi connectivity index (χ3n) is 3.89. The Hall–Kier alpha value is -0.710. The van der Waals surface area contributed by atoms with Gasteiger partial charge in [0, 0.05) is 23.7 Å². The predicted octanol–water partition coefficient (Wildman–Crippen LogP) is 4.38. The van der Waals surface area contributed by atoms with Crippen LogP contribution in [0.15, 0.2) is 53.4 Å². The molecule has 1 aliphatic rings. The SMILES string of the molecule is CN(C)CCNC1c2ccccc2CSc2ccccc21.Cl.Cl. The summed E-state index contributed by atoms with van der Waals surface area (Å²) in [5, 5.41) is 3.75.